The maximum absolute atomic E-state index is 11.0. The summed E-state index contributed by atoms with van der Waals surface area (Å²) in [4.78, 5) is 34.9. The van der Waals surface area contributed by atoms with Crippen LogP contribution in [0.2, 0.25) is 0 Å². The molecule has 0 radical (unpaired) electrons. The summed E-state index contributed by atoms with van der Waals surface area (Å²) in [6.07, 6.45) is 0.344. The molecule has 1 atom stereocenters. The summed E-state index contributed by atoms with van der Waals surface area (Å²) in [6, 6.07) is 0. The number of esters is 2. The molecule has 1 unspecified atom stereocenters. The number of nitrogens with zero attached hydrogens (tertiary/aromatic N) is 1. The number of isocyanates is 1. The number of hydrogen-bond donors (Lipinski definition) is 1. The maximum atomic E-state index is 11.0. The molecule has 7 nitrogen and oxygen atoms in total. The van der Waals surface area contributed by atoms with Gasteiger partial charge in [-0.05, 0) is 0 Å². The minimum atomic E-state index is -1.31. The van der Waals surface area contributed by atoms with Gasteiger partial charge in [0.25, 0.3) is 6.29 Å². The summed E-state index contributed by atoms with van der Waals surface area (Å²) >= 11 is 0. The number of carbonyl (C=O) groups excluding carboxylic acids is 3. The van der Waals surface area contributed by atoms with E-state index in [2.05, 4.69) is 27.6 Å². The molecule has 0 fully saturated rings. The second-order valence-corrected chi connectivity index (χ2v) is 3.03. The molecule has 0 bridgehead atoms. The molecule has 0 saturated heterocycles. The van der Waals surface area contributed by atoms with Crippen LogP contribution < -0.4 is 0 Å². The highest BCUT2D eigenvalue weighted by Gasteiger charge is 2.20. The van der Waals surface area contributed by atoms with Crippen molar-refractivity contribution in [3.8, 4) is 0 Å². The fourth-order valence-corrected chi connectivity index (χ4v) is 0.915. The Kier molecular flexibility index (Phi) is 7.76. The van der Waals surface area contributed by atoms with Crippen LogP contribution in [0.5, 0.6) is 0 Å². The van der Waals surface area contributed by atoms with Gasteiger partial charge in [-0.25, -0.2) is 19.4 Å². The van der Waals surface area contributed by atoms with E-state index >= 15 is 0 Å². The summed E-state index contributed by atoms with van der Waals surface area (Å²) in [5.74, 6) is -1.63. The quantitative estimate of drug-likeness (QED) is 0.213. The molecular weight excluding hydrogens is 242 g/mol. The molecule has 0 aromatic rings. The zero-order valence-electron chi connectivity index (χ0n) is 9.57. The molecule has 0 aliphatic heterocycles. The van der Waals surface area contributed by atoms with Gasteiger partial charge in [-0.15, -0.1) is 0 Å². The highest BCUT2D eigenvalue weighted by Crippen LogP contribution is 2.07. The zero-order chi connectivity index (χ0) is 14.0. The van der Waals surface area contributed by atoms with Crippen LogP contribution in [0.1, 0.15) is 6.42 Å². The summed E-state index contributed by atoms with van der Waals surface area (Å²) in [7, 11) is 0. The van der Waals surface area contributed by atoms with Crippen LogP contribution >= 0.6 is 0 Å². The first kappa shape index (κ1) is 15.8. The van der Waals surface area contributed by atoms with Crippen molar-refractivity contribution in [2.24, 2.45) is 4.99 Å². The summed E-state index contributed by atoms with van der Waals surface area (Å²) in [5.41, 5.74) is 0. The Hall–Kier alpha value is -2.24. The van der Waals surface area contributed by atoms with E-state index in [9.17, 15) is 19.5 Å². The lowest BCUT2D eigenvalue weighted by Crippen LogP contribution is -2.29. The molecule has 0 aliphatic carbocycles. The highest BCUT2D eigenvalue weighted by molar-refractivity contribution is 5.83. The predicted molar refractivity (Wildman–Crippen MR) is 60.0 cm³/mol. The minimum Gasteiger partial charge on any atom is -0.422 e. The monoisotopic (exact) mass is 255 g/mol. The first-order valence-corrected chi connectivity index (χ1v) is 4.91. The molecule has 98 valence electrons. The van der Waals surface area contributed by atoms with Crippen LogP contribution in [0.4, 0.5) is 0 Å². The van der Waals surface area contributed by atoms with E-state index < -0.39 is 24.3 Å². The van der Waals surface area contributed by atoms with Gasteiger partial charge in [-0.3, -0.25) is 0 Å². The first-order chi connectivity index (χ1) is 8.53. The normalized spacial score (nSPS) is 11.0. The van der Waals surface area contributed by atoms with E-state index in [4.69, 9.17) is 0 Å². The van der Waals surface area contributed by atoms with Crippen molar-refractivity contribution in [1.82, 2.24) is 0 Å². The number of hydrogen-bond acceptors (Lipinski definition) is 7. The van der Waals surface area contributed by atoms with Crippen LogP contribution in [0, 0.1) is 0 Å². The molecule has 18 heavy (non-hydrogen) atoms. The second-order valence-electron chi connectivity index (χ2n) is 3.03. The van der Waals surface area contributed by atoms with Gasteiger partial charge >= 0.3 is 11.9 Å². The van der Waals surface area contributed by atoms with E-state index in [1.165, 1.54) is 6.08 Å². The fourth-order valence-electron chi connectivity index (χ4n) is 0.915. The third-order valence-corrected chi connectivity index (χ3v) is 1.66. The predicted octanol–water partition coefficient (Wildman–Crippen LogP) is -0.142. The number of aliphatic hydroxyl groups is 1. The van der Waals surface area contributed by atoms with Crippen molar-refractivity contribution in [2.45, 2.75) is 18.8 Å². The molecule has 1 N–H and O–H groups in total. The lowest BCUT2D eigenvalue weighted by molar-refractivity contribution is -0.185. The van der Waals surface area contributed by atoms with Crippen molar-refractivity contribution >= 4 is 18.0 Å². The van der Waals surface area contributed by atoms with Gasteiger partial charge < -0.3 is 14.6 Å². The molecule has 0 spiro atoms. The zero-order valence-corrected chi connectivity index (χ0v) is 9.57. The summed E-state index contributed by atoms with van der Waals surface area (Å²) < 4.78 is 9.35. The molecule has 0 rings (SSSR count). The molecular formula is C11H13NO6. The number of aliphatic imine (C=N–C) groups is 1. The Morgan fingerprint density at radius 1 is 1.28 bits per heavy atom. The number of carbonyl (C=O) groups is 2. The van der Waals surface area contributed by atoms with Crippen molar-refractivity contribution < 1.29 is 29.0 Å². The smallest absolute Gasteiger partial charge is 0.333 e. The fraction of sp³-hybridized carbons (Fsp3) is 0.364. The van der Waals surface area contributed by atoms with Crippen LogP contribution in [0.3, 0.4) is 0 Å². The summed E-state index contributed by atoms with van der Waals surface area (Å²) in [6.45, 7) is 6.11. The van der Waals surface area contributed by atoms with E-state index in [1.807, 2.05) is 0 Å². The molecule has 0 saturated carbocycles. The Morgan fingerprint density at radius 2 is 1.78 bits per heavy atom. The van der Waals surface area contributed by atoms with Gasteiger partial charge in [0.15, 0.2) is 0 Å². The molecule has 7 heteroatoms. The van der Waals surface area contributed by atoms with Gasteiger partial charge in [-0.2, -0.15) is 0 Å². The topological polar surface area (TPSA) is 102 Å². The van der Waals surface area contributed by atoms with E-state index in [-0.39, 0.29) is 13.0 Å². The first-order valence-electron chi connectivity index (χ1n) is 4.91. The standard InChI is InChI=1S/C11H13NO6/c1-3-9(15)17-11(18-10(16)4-2)5-8(14)6-12-7-13/h3-4,8,11,14H,1-2,5-6H2. The highest BCUT2D eigenvalue weighted by atomic mass is 16.7. The lowest BCUT2D eigenvalue weighted by Gasteiger charge is -2.18. The van der Waals surface area contributed by atoms with Crippen molar-refractivity contribution in [1.29, 1.82) is 0 Å². The largest absolute Gasteiger partial charge is 0.422 e. The lowest BCUT2D eigenvalue weighted by atomic mass is 10.2. The van der Waals surface area contributed by atoms with E-state index in [0.29, 0.717) is 0 Å². The van der Waals surface area contributed by atoms with Gasteiger partial charge in [0.2, 0.25) is 6.08 Å². The molecule has 0 amide bonds. The second kappa shape index (κ2) is 8.86. The summed E-state index contributed by atoms with van der Waals surface area (Å²) in [5, 5.41) is 9.41. The van der Waals surface area contributed by atoms with E-state index in [1.54, 1.807) is 0 Å². The SMILES string of the molecule is C=CC(=O)OC(CC(O)CN=C=O)OC(=O)C=C. The molecule has 0 heterocycles. The number of aliphatic hydroxyl groups excluding tert-OH is 1. The Balaban J connectivity index is 4.48. The van der Waals surface area contributed by atoms with Gasteiger partial charge in [0.05, 0.1) is 12.6 Å². The van der Waals surface area contributed by atoms with Gasteiger partial charge in [0.1, 0.15) is 0 Å². The molecule has 0 aromatic carbocycles. The minimum absolute atomic E-state index is 0.232. The van der Waals surface area contributed by atoms with Gasteiger partial charge in [-0.1, -0.05) is 13.2 Å². The van der Waals surface area contributed by atoms with Gasteiger partial charge in [0, 0.05) is 18.6 Å². The van der Waals surface area contributed by atoms with Crippen LogP contribution in [0.25, 0.3) is 0 Å². The molecule has 0 aromatic heterocycles. The van der Waals surface area contributed by atoms with Crippen molar-refractivity contribution in [3.63, 3.8) is 0 Å². The van der Waals surface area contributed by atoms with Crippen molar-refractivity contribution in [3.05, 3.63) is 25.3 Å². The number of rotatable bonds is 8. The van der Waals surface area contributed by atoms with Crippen LogP contribution in [-0.4, -0.2) is 42.1 Å². The average molecular weight is 255 g/mol. The average Bonchev–Trinajstić information content (AvgIpc) is 2.35. The number of ether oxygens (including phenoxy) is 2. The third kappa shape index (κ3) is 7.10. The maximum Gasteiger partial charge on any atom is 0.333 e. The third-order valence-electron chi connectivity index (χ3n) is 1.66. The van der Waals surface area contributed by atoms with Crippen LogP contribution in [-0.2, 0) is 23.9 Å². The van der Waals surface area contributed by atoms with Crippen molar-refractivity contribution in [2.75, 3.05) is 6.54 Å². The Bertz CT molecular complexity index is 350. The van der Waals surface area contributed by atoms with E-state index in [0.717, 1.165) is 12.2 Å². The van der Waals surface area contributed by atoms with Crippen LogP contribution in [0.15, 0.2) is 30.3 Å². The Morgan fingerprint density at radius 3 is 2.17 bits per heavy atom. The Labute approximate surface area is 103 Å². The molecule has 0 aliphatic rings.